The van der Waals surface area contributed by atoms with Crippen molar-refractivity contribution in [3.63, 3.8) is 0 Å². The van der Waals surface area contributed by atoms with Crippen LogP contribution in [0.1, 0.15) is 73.1 Å². The molecule has 24 heavy (non-hydrogen) atoms. The fourth-order valence-electron chi connectivity index (χ4n) is 8.05. The highest BCUT2D eigenvalue weighted by Gasteiger charge is 2.79. The largest absolute Gasteiger partial charge is 0.430 e. The van der Waals surface area contributed by atoms with Crippen LogP contribution in [0.25, 0.3) is 0 Å². The van der Waals surface area contributed by atoms with Crippen molar-refractivity contribution in [2.24, 2.45) is 33.5 Å². The van der Waals surface area contributed by atoms with E-state index in [1.54, 1.807) is 0 Å². The van der Waals surface area contributed by atoms with Crippen LogP contribution in [0.3, 0.4) is 0 Å². The Hall–Kier alpha value is -0.830. The van der Waals surface area contributed by atoms with E-state index in [1.165, 1.54) is 31.3 Å². The molecule has 3 fully saturated rings. The van der Waals surface area contributed by atoms with Gasteiger partial charge in [0.05, 0.1) is 12.5 Å². The van der Waals surface area contributed by atoms with E-state index in [4.69, 9.17) is 4.74 Å². The zero-order valence-corrected chi connectivity index (χ0v) is 15.9. The van der Waals surface area contributed by atoms with Crippen LogP contribution < -0.4 is 0 Å². The van der Waals surface area contributed by atoms with Crippen LogP contribution in [0, 0.1) is 33.5 Å². The third kappa shape index (κ3) is 1.57. The first-order valence-corrected chi connectivity index (χ1v) is 9.67. The monoisotopic (exact) mass is 332 g/mol. The Morgan fingerprint density at radius 3 is 2.58 bits per heavy atom. The summed E-state index contributed by atoms with van der Waals surface area (Å²) in [7, 11) is 0. The number of aliphatic hydroxyl groups is 1. The second-order valence-corrected chi connectivity index (χ2v) is 10.2. The van der Waals surface area contributed by atoms with E-state index in [2.05, 4.69) is 34.6 Å². The van der Waals surface area contributed by atoms with Gasteiger partial charge in [-0.1, -0.05) is 27.7 Å². The smallest absolute Gasteiger partial charge is 0.316 e. The van der Waals surface area contributed by atoms with Crippen LogP contribution in [0.5, 0.6) is 0 Å². The van der Waals surface area contributed by atoms with Gasteiger partial charge in [0, 0.05) is 5.41 Å². The summed E-state index contributed by atoms with van der Waals surface area (Å²) >= 11 is 0. The van der Waals surface area contributed by atoms with E-state index < -0.39 is 5.92 Å². The number of carbonyl (C=O) groups is 1. The van der Waals surface area contributed by atoms with Crippen molar-refractivity contribution < 1.29 is 14.6 Å². The molecule has 0 amide bonds. The van der Waals surface area contributed by atoms with Crippen LogP contribution in [-0.2, 0) is 9.53 Å². The highest BCUT2D eigenvalue weighted by molar-refractivity contribution is 5.77. The molecule has 3 heteroatoms. The Kier molecular flexibility index (Phi) is 3.23. The fraction of sp³-hybridized carbons (Fsp3) is 0.857. The van der Waals surface area contributed by atoms with E-state index in [0.717, 1.165) is 18.6 Å². The van der Waals surface area contributed by atoms with Gasteiger partial charge in [-0.3, -0.25) is 4.79 Å². The summed E-state index contributed by atoms with van der Waals surface area (Å²) in [6.45, 7) is 11.6. The highest BCUT2D eigenvalue weighted by Crippen LogP contribution is 2.82. The lowest BCUT2D eigenvalue weighted by atomic mass is 9.47. The Bertz CT molecular complexity index is 633. The van der Waals surface area contributed by atoms with Crippen molar-refractivity contribution >= 4 is 5.97 Å². The summed E-state index contributed by atoms with van der Waals surface area (Å²) in [6.07, 6.45) is 6.84. The summed E-state index contributed by atoms with van der Waals surface area (Å²) in [5, 5.41) is 10.1. The van der Waals surface area contributed by atoms with Gasteiger partial charge in [0.15, 0.2) is 0 Å². The van der Waals surface area contributed by atoms with Crippen molar-refractivity contribution in [1.29, 1.82) is 0 Å². The zero-order chi connectivity index (χ0) is 17.5. The molecule has 3 aliphatic carbocycles. The molecule has 134 valence electrons. The molecule has 4 rings (SSSR count). The van der Waals surface area contributed by atoms with Crippen LogP contribution in [0.2, 0.25) is 0 Å². The molecule has 1 heterocycles. The van der Waals surface area contributed by atoms with Gasteiger partial charge in [0.25, 0.3) is 0 Å². The van der Waals surface area contributed by atoms with E-state index in [-0.39, 0.29) is 34.2 Å². The molecule has 0 radical (unpaired) electrons. The lowest BCUT2D eigenvalue weighted by Crippen LogP contribution is -2.59. The van der Waals surface area contributed by atoms with Gasteiger partial charge in [0.2, 0.25) is 0 Å². The molecule has 1 spiro atoms. The minimum absolute atomic E-state index is 0.0919. The Balaban J connectivity index is 2.08. The number of hydrogen-bond acceptors (Lipinski definition) is 3. The molecule has 4 aliphatic rings. The number of allylic oxidation sites excluding steroid dienone is 2. The predicted molar refractivity (Wildman–Crippen MR) is 93.0 cm³/mol. The molecule has 0 aromatic rings. The molecule has 3 nitrogen and oxygen atoms in total. The molecule has 2 saturated carbocycles. The molecular weight excluding hydrogens is 300 g/mol. The van der Waals surface area contributed by atoms with Gasteiger partial charge in [-0.15, -0.1) is 0 Å². The van der Waals surface area contributed by atoms with Crippen molar-refractivity contribution in [3.05, 3.63) is 11.3 Å². The average Bonchev–Trinajstić information content (AvgIpc) is 2.84. The number of hydrogen-bond donors (Lipinski definition) is 1. The lowest BCUT2D eigenvalue weighted by molar-refractivity contribution is -0.184. The number of carbonyl (C=O) groups excluding carboxylic acids is 1. The summed E-state index contributed by atoms with van der Waals surface area (Å²) in [5.41, 5.74) is 1.31. The van der Waals surface area contributed by atoms with Crippen molar-refractivity contribution in [1.82, 2.24) is 0 Å². The molecule has 0 bridgehead atoms. The summed E-state index contributed by atoms with van der Waals surface area (Å²) in [4.78, 5) is 12.8. The topological polar surface area (TPSA) is 46.5 Å². The molecular formula is C21H32O3. The average molecular weight is 332 g/mol. The van der Waals surface area contributed by atoms with Gasteiger partial charge in [-0.25, -0.2) is 0 Å². The number of aliphatic hydroxyl groups excluding tert-OH is 1. The van der Waals surface area contributed by atoms with Gasteiger partial charge in [-0.05, 0) is 73.2 Å². The lowest BCUT2D eigenvalue weighted by Gasteiger charge is -2.58. The van der Waals surface area contributed by atoms with Crippen LogP contribution >= 0.6 is 0 Å². The van der Waals surface area contributed by atoms with E-state index in [1.807, 2.05) is 0 Å². The van der Waals surface area contributed by atoms with Crippen molar-refractivity contribution in [2.45, 2.75) is 73.1 Å². The van der Waals surface area contributed by atoms with Gasteiger partial charge in [-0.2, -0.15) is 0 Å². The first-order chi connectivity index (χ1) is 11.1. The van der Waals surface area contributed by atoms with Crippen LogP contribution in [0.15, 0.2) is 11.3 Å². The highest BCUT2D eigenvalue weighted by atomic mass is 16.5. The van der Waals surface area contributed by atoms with Gasteiger partial charge < -0.3 is 9.84 Å². The maximum Gasteiger partial charge on any atom is 0.316 e. The number of ether oxygens (including phenoxy) is 1. The predicted octanol–water partition coefficient (Wildman–Crippen LogP) is 4.45. The number of rotatable bonds is 1. The summed E-state index contributed by atoms with van der Waals surface area (Å²) in [5.74, 6) is 0.944. The van der Waals surface area contributed by atoms with Crippen LogP contribution in [-0.4, -0.2) is 17.7 Å². The molecule has 1 aliphatic heterocycles. The number of esters is 1. The third-order valence-corrected chi connectivity index (χ3v) is 8.59. The van der Waals surface area contributed by atoms with Gasteiger partial charge in [0.1, 0.15) is 5.76 Å². The first kappa shape index (κ1) is 16.6. The Morgan fingerprint density at radius 2 is 1.92 bits per heavy atom. The molecule has 0 aromatic carbocycles. The molecule has 0 aromatic heterocycles. The normalized spacial score (nSPS) is 49.5. The standard InChI is InChI=1S/C21H32O3/c1-13-7-6-9-19(4)10-8-15-18(2,3)12-20(5)14(11-22)17(23)24-16(13)21(15,19)20/h14-15,22H,6-12H2,1-5H3/t14-,15-,19+,20+,21?/m1/s1. The molecule has 1 unspecified atom stereocenters. The summed E-state index contributed by atoms with van der Waals surface area (Å²) in [6, 6.07) is 0. The van der Waals surface area contributed by atoms with Crippen molar-refractivity contribution in [3.8, 4) is 0 Å². The maximum absolute atomic E-state index is 12.8. The molecule has 1 saturated heterocycles. The van der Waals surface area contributed by atoms with E-state index >= 15 is 0 Å². The fourth-order valence-corrected chi connectivity index (χ4v) is 8.05. The quantitative estimate of drug-likeness (QED) is 0.722. The van der Waals surface area contributed by atoms with Crippen LogP contribution in [0.4, 0.5) is 0 Å². The SMILES string of the molecule is CC1=C2OC(=O)[C@@H](CO)[C@]3(C)CC(C)(C)[C@H]4CC[C@](C)(CCC1)C243. The second kappa shape index (κ2) is 4.66. The van der Waals surface area contributed by atoms with Gasteiger partial charge >= 0.3 is 5.97 Å². The Labute approximate surface area is 145 Å². The van der Waals surface area contributed by atoms with E-state index in [0.29, 0.717) is 5.92 Å². The minimum atomic E-state index is -0.395. The zero-order valence-electron chi connectivity index (χ0n) is 15.9. The Morgan fingerprint density at radius 1 is 1.21 bits per heavy atom. The maximum atomic E-state index is 12.8. The minimum Gasteiger partial charge on any atom is -0.430 e. The first-order valence-electron chi connectivity index (χ1n) is 9.67. The molecule has 1 N–H and O–H groups in total. The third-order valence-electron chi connectivity index (χ3n) is 8.59. The molecule has 5 atom stereocenters. The summed E-state index contributed by atoms with van der Waals surface area (Å²) < 4.78 is 6.08. The van der Waals surface area contributed by atoms with E-state index in [9.17, 15) is 9.90 Å². The second-order valence-electron chi connectivity index (χ2n) is 10.2. The van der Waals surface area contributed by atoms with Crippen molar-refractivity contribution in [2.75, 3.05) is 6.61 Å².